The lowest BCUT2D eigenvalue weighted by Crippen LogP contribution is -2.58. The molecule has 2 nitrogen and oxygen atoms in total. The third kappa shape index (κ3) is 8.01. The van der Waals surface area contributed by atoms with Crippen LogP contribution in [-0.2, 0) is 5.41 Å². The largest absolute Gasteiger partial charge is 0.228 e. The van der Waals surface area contributed by atoms with Gasteiger partial charge in [-0.25, -0.2) is 9.97 Å². The molecule has 78 heavy (non-hydrogen) atoms. The van der Waals surface area contributed by atoms with Crippen molar-refractivity contribution in [1.29, 1.82) is 0 Å². The van der Waals surface area contributed by atoms with E-state index < -0.39 is 0 Å². The summed E-state index contributed by atoms with van der Waals surface area (Å²) in [6.45, 7) is 0. The highest BCUT2D eigenvalue weighted by atomic mass is 14.9. The summed E-state index contributed by atoms with van der Waals surface area (Å²) in [4.78, 5) is 11.0. The van der Waals surface area contributed by atoms with Crippen LogP contribution in [0.25, 0.3) is 89.2 Å². The fraction of sp³-hybridized carbons (Fsp3) is 0.0566. The van der Waals surface area contributed by atoms with Crippen LogP contribution in [-0.4, -0.2) is 190 Å². The fourth-order valence-corrected chi connectivity index (χ4v) is 15.5. The minimum absolute atomic E-state index is 0.180. The van der Waals surface area contributed by atoms with Crippen molar-refractivity contribution >= 4 is 284 Å². The molecule has 1 aliphatic rings. The van der Waals surface area contributed by atoms with Gasteiger partial charge in [0.1, 0.15) is 133 Å². The molecule has 1 heterocycles. The highest BCUT2D eigenvalue weighted by Crippen LogP contribution is 2.63. The summed E-state index contributed by atoms with van der Waals surface area (Å²) in [6, 6.07) is 32.3. The van der Waals surface area contributed by atoms with Gasteiger partial charge in [0.2, 0.25) is 0 Å². The van der Waals surface area contributed by atoms with Crippen LogP contribution in [0, 0.1) is 0 Å². The first-order valence-electron chi connectivity index (χ1n) is 28.6. The lowest BCUT2D eigenvalue weighted by Gasteiger charge is -2.56. The molecule has 352 valence electrons. The minimum Gasteiger partial charge on any atom is -0.228 e. The summed E-state index contributed by atoms with van der Waals surface area (Å²) in [6.07, 6.45) is 0. The Labute approximate surface area is 487 Å². The molecule has 0 N–H and O–H groups in total. The molecule has 0 saturated carbocycles. The zero-order valence-electron chi connectivity index (χ0n) is 51.6. The molecule has 0 radical (unpaired) electrons. The quantitative estimate of drug-likeness (QED) is 0.142. The standard InChI is InChI=1S/C53H61B23N2/c54-33-28(41(62)39(60)26-27-32(51(31(26)33,52(71,72)73)53(74,75)76)34(55)29(42(63)40(27)61)30-43(64)47(68)49(70)48(69)44(30)65)25-24-23(37(58)45(66)46(67)38(24)59)22(35(56)36(25)57)21-15-20(77-50(78-21)17-10-5-2-6-11-17)19-13-7-12-18(14-19)16-8-3-1-4-9-16/h1-15H,54-76H2. The zero-order valence-corrected chi connectivity index (χ0v) is 51.6. The maximum Gasteiger partial charge on any atom is 0.160 e. The molecule has 0 unspecified atom stereocenters. The monoisotopic (exact) mass is 979 g/mol. The predicted molar refractivity (Wildman–Crippen MR) is 414 cm³/mol. The Morgan fingerprint density at radius 3 is 1.09 bits per heavy atom. The normalized spacial score (nSPS) is 12.9. The van der Waals surface area contributed by atoms with Gasteiger partial charge < -0.3 is 0 Å². The van der Waals surface area contributed by atoms with Crippen molar-refractivity contribution < 1.29 is 0 Å². The Kier molecular flexibility index (Phi) is 14.1. The van der Waals surface area contributed by atoms with Crippen molar-refractivity contribution in [3.63, 3.8) is 0 Å². The van der Waals surface area contributed by atoms with Crippen molar-refractivity contribution in [1.82, 2.24) is 9.97 Å². The summed E-state index contributed by atoms with van der Waals surface area (Å²) in [5.74, 6) is 0.726. The first-order chi connectivity index (χ1) is 36.6. The van der Waals surface area contributed by atoms with Crippen LogP contribution in [0.15, 0.2) is 91.0 Å². The zero-order chi connectivity index (χ0) is 56.7. The maximum atomic E-state index is 5.62. The van der Waals surface area contributed by atoms with E-state index in [9.17, 15) is 0 Å². The Bertz CT molecular complexity index is 4040. The van der Waals surface area contributed by atoms with E-state index in [0.717, 1.165) is 33.9 Å². The van der Waals surface area contributed by atoms with Gasteiger partial charge in [-0.05, 0) is 84.0 Å². The number of rotatable bonds is 8. The second-order valence-electron chi connectivity index (χ2n) is 25.8. The second kappa shape index (κ2) is 19.7. The highest BCUT2D eigenvalue weighted by Gasteiger charge is 2.58. The molecule has 0 atom stereocenters. The van der Waals surface area contributed by atoms with Crippen molar-refractivity contribution in [2.75, 3.05) is 0 Å². The molecule has 8 aromatic carbocycles. The van der Waals surface area contributed by atoms with Crippen LogP contribution in [0.1, 0.15) is 11.1 Å². The van der Waals surface area contributed by atoms with Crippen molar-refractivity contribution in [2.45, 2.75) is 15.6 Å². The van der Waals surface area contributed by atoms with E-state index in [0.29, 0.717) is 0 Å². The molecule has 10 rings (SSSR count). The van der Waals surface area contributed by atoms with Crippen LogP contribution in [0.2, 0.25) is 10.2 Å². The van der Waals surface area contributed by atoms with E-state index >= 15 is 0 Å². The third-order valence-electron chi connectivity index (χ3n) is 20.2. The van der Waals surface area contributed by atoms with Crippen LogP contribution < -0.4 is 92.9 Å². The van der Waals surface area contributed by atoms with Gasteiger partial charge in [-0.15, -0.1) is 27.3 Å². The Balaban J connectivity index is 1.34. The molecule has 9 aromatic rings. The van der Waals surface area contributed by atoms with E-state index in [1.165, 1.54) is 159 Å². The first-order valence-corrected chi connectivity index (χ1v) is 28.6. The topological polar surface area (TPSA) is 25.8 Å². The van der Waals surface area contributed by atoms with Crippen molar-refractivity contribution in [2.24, 2.45) is 0 Å². The first kappa shape index (κ1) is 55.9. The fourth-order valence-electron chi connectivity index (χ4n) is 15.5. The summed E-state index contributed by atoms with van der Waals surface area (Å²) in [5.41, 5.74) is 42.0. The summed E-state index contributed by atoms with van der Waals surface area (Å²) in [7, 11) is 55.8. The lowest BCUT2D eigenvalue weighted by atomic mass is 9.17. The van der Waals surface area contributed by atoms with Gasteiger partial charge in [-0.1, -0.05) is 155 Å². The van der Waals surface area contributed by atoms with E-state index in [1.54, 1.807) is 0 Å². The highest BCUT2D eigenvalue weighted by molar-refractivity contribution is 6.74. The average Bonchev–Trinajstić information content (AvgIpc) is 3.53. The van der Waals surface area contributed by atoms with E-state index in [1.807, 2.05) is 0 Å². The van der Waals surface area contributed by atoms with Crippen LogP contribution >= 0.6 is 0 Å². The molecule has 25 heteroatoms. The van der Waals surface area contributed by atoms with Gasteiger partial charge >= 0.3 is 0 Å². The van der Waals surface area contributed by atoms with E-state index in [-0.39, 0.29) is 15.6 Å². The molecular weight excluding hydrogens is 913 g/mol. The molecule has 0 spiro atoms. The summed E-state index contributed by atoms with van der Waals surface area (Å²) < 4.78 is 0. The summed E-state index contributed by atoms with van der Waals surface area (Å²) in [5, 5.41) is 2.26. The smallest absolute Gasteiger partial charge is 0.160 e. The van der Waals surface area contributed by atoms with Gasteiger partial charge in [-0.3, -0.25) is 0 Å². The average molecular weight is 975 g/mol. The molecule has 1 aromatic heterocycles. The van der Waals surface area contributed by atoms with Crippen LogP contribution in [0.5, 0.6) is 0 Å². The molecule has 0 saturated heterocycles. The number of aromatic nitrogens is 2. The molecule has 0 amide bonds. The Morgan fingerprint density at radius 2 is 0.603 bits per heavy atom. The van der Waals surface area contributed by atoms with E-state index in [2.05, 4.69) is 271 Å². The molecular formula is C53H61B23N2. The Hall–Kier alpha value is -5.41. The minimum atomic E-state index is -0.366. The van der Waals surface area contributed by atoms with Crippen LogP contribution in [0.3, 0.4) is 0 Å². The molecule has 0 fully saturated rings. The number of hydrogen-bond donors (Lipinski definition) is 0. The number of nitrogens with zero attached hydrogens (tertiary/aromatic N) is 2. The van der Waals surface area contributed by atoms with Crippen molar-refractivity contribution in [3.05, 3.63) is 102 Å². The molecule has 1 aliphatic carbocycles. The number of fused-ring (bicyclic) bond motifs is 4. The molecule has 0 aliphatic heterocycles. The van der Waals surface area contributed by atoms with Crippen LogP contribution in [0.4, 0.5) is 0 Å². The SMILES string of the molecule is Bc1c(B)c(B)c(-c2c(B)c(B)c3c(c2B)C(C(B)(B)B)(C(B)(B)B)c2c(B)c(-c4c(B)c(B)c(-c5cc(-c6cccc(-c7ccccc7)c6)nc(-c6ccccc6)n5)c5c(B)c(B)c(B)c(B)c45)c(B)c(B)c2-3)c(B)c1B. The van der Waals surface area contributed by atoms with Gasteiger partial charge in [-0.2, -0.15) is 0 Å². The van der Waals surface area contributed by atoms with Gasteiger partial charge in [0, 0.05) is 16.7 Å². The summed E-state index contributed by atoms with van der Waals surface area (Å²) >= 11 is 0. The maximum absolute atomic E-state index is 5.62. The molecule has 0 bridgehead atoms. The third-order valence-corrected chi connectivity index (χ3v) is 20.2. The Morgan fingerprint density at radius 1 is 0.269 bits per heavy atom. The van der Waals surface area contributed by atoms with Gasteiger partial charge in [0.25, 0.3) is 0 Å². The number of hydrogen-bond acceptors (Lipinski definition) is 2. The van der Waals surface area contributed by atoms with Gasteiger partial charge in [0.15, 0.2) is 5.82 Å². The van der Waals surface area contributed by atoms with Gasteiger partial charge in [0.05, 0.1) is 58.5 Å². The lowest BCUT2D eigenvalue weighted by molar-refractivity contribution is 0.540. The predicted octanol–water partition coefficient (Wildman–Crippen LogP) is -21.8. The van der Waals surface area contributed by atoms with E-state index in [4.69, 9.17) is 9.97 Å². The van der Waals surface area contributed by atoms with Crippen molar-refractivity contribution in [3.8, 4) is 78.4 Å². The second-order valence-corrected chi connectivity index (χ2v) is 25.8. The number of benzene rings is 8.